The summed E-state index contributed by atoms with van der Waals surface area (Å²) < 4.78 is 60.7. The Morgan fingerprint density at radius 3 is 2.18 bits per heavy atom. The maximum atomic E-state index is 13.2. The maximum absolute atomic E-state index is 13.2. The van der Waals surface area contributed by atoms with Gasteiger partial charge >= 0.3 is 21.3 Å². The zero-order chi connectivity index (χ0) is 31.8. The van der Waals surface area contributed by atoms with E-state index in [1.54, 1.807) is 0 Å². The monoisotopic (exact) mass is 674 g/mol. The minimum atomic E-state index is -5.16. The molecule has 0 saturated carbocycles. The third-order valence-corrected chi connectivity index (χ3v) is 9.36. The standard InChI is InChI=1S/C20H24N10O13P2/c21-14-8-16(25-3-23-14)29(5-27-8)18-11(32)12-7(41-18)2-39-45(36,37)43-13-10(31)6(1-38-44(34,35)42-12)40-19(13)30-17-9(28-20(30)33)15(22)24-4-26-17/h3-7,10-13,18-19,31-32H,1-2H2,(H,28,33)(H,34,35)(H,36,37)(H2,21,23,25)(H2,22,24,26)/t6-,7-,10-,11-,12-,13-,18-,19-/m1/s1. The Balaban J connectivity index is 1.22. The SMILES string of the molecule is Nc1ncnc2c1ncn2[C@@H]1O[C@@H]2COP(=O)(O)O[C@@H]3[C@H](O)[C@@H](COP(=O)(O)O[C@H]2[C@H]1O)O[C@H]3n1c(=O)[nH]c2c(N)ncnc21. The molecular weight excluding hydrogens is 650 g/mol. The molecule has 3 aliphatic heterocycles. The van der Waals surface area contributed by atoms with Crippen molar-refractivity contribution in [3.8, 4) is 0 Å². The zero-order valence-corrected chi connectivity index (χ0v) is 24.2. The van der Waals surface area contributed by atoms with E-state index < -0.39 is 83.6 Å². The van der Waals surface area contributed by atoms with Crippen molar-refractivity contribution in [2.75, 3.05) is 24.7 Å². The normalized spacial score (nSPS) is 37.7. The van der Waals surface area contributed by atoms with Gasteiger partial charge in [0.25, 0.3) is 0 Å². The molecule has 10 atom stereocenters. The first kappa shape index (κ1) is 30.2. The second-order valence-electron chi connectivity index (χ2n) is 10.1. The number of hydrogen-bond acceptors (Lipinski definition) is 18. The fourth-order valence-corrected chi connectivity index (χ4v) is 7.24. The largest absolute Gasteiger partial charge is 0.472 e. The van der Waals surface area contributed by atoms with E-state index in [0.29, 0.717) is 0 Å². The molecule has 45 heavy (non-hydrogen) atoms. The van der Waals surface area contributed by atoms with Crippen LogP contribution in [0.5, 0.6) is 0 Å². The number of rotatable bonds is 2. The number of fused-ring (bicyclic) bond motifs is 5. The molecule has 3 saturated heterocycles. The Labute approximate surface area is 248 Å². The highest BCUT2D eigenvalue weighted by molar-refractivity contribution is 7.47. The van der Waals surface area contributed by atoms with Crippen molar-refractivity contribution in [1.82, 2.24) is 39.0 Å². The summed E-state index contributed by atoms with van der Waals surface area (Å²) in [5, 5.41) is 22.1. The summed E-state index contributed by atoms with van der Waals surface area (Å²) in [6.07, 6.45) is -9.67. The van der Waals surface area contributed by atoms with Gasteiger partial charge in [0.2, 0.25) is 0 Å². The van der Waals surface area contributed by atoms with Crippen LogP contribution in [0.25, 0.3) is 22.3 Å². The topological polar surface area (TPSA) is 330 Å². The second kappa shape index (κ2) is 10.8. The predicted molar refractivity (Wildman–Crippen MR) is 143 cm³/mol. The Morgan fingerprint density at radius 2 is 1.44 bits per heavy atom. The van der Waals surface area contributed by atoms with Crippen LogP contribution >= 0.6 is 15.6 Å². The average Bonchev–Trinajstić information content (AvgIpc) is 3.71. The highest BCUT2D eigenvalue weighted by Gasteiger charge is 2.54. The van der Waals surface area contributed by atoms with Gasteiger partial charge in [0.1, 0.15) is 60.3 Å². The molecule has 0 aromatic carbocycles. The van der Waals surface area contributed by atoms with E-state index >= 15 is 0 Å². The number of aromatic nitrogens is 8. The number of ether oxygens (including phenoxy) is 2. The molecule has 0 radical (unpaired) electrons. The van der Waals surface area contributed by atoms with Gasteiger partial charge in [-0.15, -0.1) is 0 Å². The predicted octanol–water partition coefficient (Wildman–Crippen LogP) is -2.34. The third-order valence-electron chi connectivity index (χ3n) is 7.39. The molecule has 2 bridgehead atoms. The Kier molecular flexibility index (Phi) is 7.27. The first-order valence-corrected chi connectivity index (χ1v) is 15.9. The summed E-state index contributed by atoms with van der Waals surface area (Å²) in [4.78, 5) is 56.4. The number of aliphatic hydroxyl groups excluding tert-OH is 2. The van der Waals surface area contributed by atoms with Gasteiger partial charge in [0, 0.05) is 0 Å². The fraction of sp³-hybridized carbons (Fsp3) is 0.500. The number of nitrogens with one attached hydrogen (secondary N) is 1. The number of anilines is 2. The van der Waals surface area contributed by atoms with Crippen LogP contribution in [-0.2, 0) is 36.7 Å². The van der Waals surface area contributed by atoms with Crippen LogP contribution in [0.3, 0.4) is 0 Å². The molecule has 242 valence electrons. The van der Waals surface area contributed by atoms with Crippen LogP contribution in [0.4, 0.5) is 11.6 Å². The quantitative estimate of drug-likeness (QED) is 0.109. The first-order chi connectivity index (χ1) is 21.3. The van der Waals surface area contributed by atoms with E-state index in [4.69, 9.17) is 39.0 Å². The molecule has 9 N–H and O–H groups in total. The molecular formula is C20H24N10O13P2. The summed E-state index contributed by atoms with van der Waals surface area (Å²) in [5.41, 5.74) is 11.0. The highest BCUT2D eigenvalue weighted by Crippen LogP contribution is 2.53. The van der Waals surface area contributed by atoms with E-state index in [0.717, 1.165) is 17.2 Å². The summed E-state index contributed by atoms with van der Waals surface area (Å²) in [6.45, 7) is -1.71. The number of nitrogens with two attached hydrogens (primary N) is 2. The fourth-order valence-electron chi connectivity index (χ4n) is 5.34. The summed E-state index contributed by atoms with van der Waals surface area (Å²) in [5.74, 6) is -0.0715. The van der Waals surface area contributed by atoms with Gasteiger partial charge in [-0.2, -0.15) is 0 Å². The number of phosphoric ester groups is 2. The van der Waals surface area contributed by atoms with Crippen LogP contribution in [0.1, 0.15) is 12.5 Å². The highest BCUT2D eigenvalue weighted by atomic mass is 31.2. The van der Waals surface area contributed by atoms with Crippen LogP contribution in [0, 0.1) is 0 Å². The Morgan fingerprint density at radius 1 is 0.822 bits per heavy atom. The molecule has 25 heteroatoms. The van der Waals surface area contributed by atoms with Crippen LogP contribution in [0.15, 0.2) is 23.8 Å². The number of nitrogen functional groups attached to an aromatic ring is 2. The van der Waals surface area contributed by atoms with Gasteiger partial charge < -0.3 is 45.9 Å². The van der Waals surface area contributed by atoms with Crippen molar-refractivity contribution in [3.05, 3.63) is 29.5 Å². The maximum Gasteiger partial charge on any atom is 0.472 e. The molecule has 4 aromatic rings. The lowest BCUT2D eigenvalue weighted by Crippen LogP contribution is -2.37. The Bertz CT molecular complexity index is 1940. The molecule has 0 spiro atoms. The molecule has 7 heterocycles. The van der Waals surface area contributed by atoms with E-state index in [1.165, 1.54) is 10.9 Å². The second-order valence-corrected chi connectivity index (χ2v) is 12.9. The summed E-state index contributed by atoms with van der Waals surface area (Å²) in [7, 11) is -10.2. The molecule has 7 rings (SSSR count). The Hall–Kier alpha value is -3.44. The lowest BCUT2D eigenvalue weighted by Gasteiger charge is -2.25. The van der Waals surface area contributed by atoms with Crippen LogP contribution < -0.4 is 17.2 Å². The van der Waals surface area contributed by atoms with Crippen molar-refractivity contribution in [2.24, 2.45) is 0 Å². The van der Waals surface area contributed by atoms with Crippen molar-refractivity contribution in [1.29, 1.82) is 0 Å². The van der Waals surface area contributed by atoms with Gasteiger partial charge in [0.05, 0.1) is 19.5 Å². The van der Waals surface area contributed by atoms with Gasteiger partial charge in [0.15, 0.2) is 35.4 Å². The number of nitrogens with zero attached hydrogens (tertiary/aromatic N) is 7. The van der Waals surface area contributed by atoms with Gasteiger partial charge in [-0.25, -0.2) is 43.4 Å². The van der Waals surface area contributed by atoms with E-state index in [2.05, 4.69) is 29.9 Å². The number of H-pyrrole nitrogens is 1. The minimum Gasteiger partial charge on any atom is -0.387 e. The van der Waals surface area contributed by atoms with Crippen LogP contribution in [0.2, 0.25) is 0 Å². The summed E-state index contributed by atoms with van der Waals surface area (Å²) >= 11 is 0. The van der Waals surface area contributed by atoms with Crippen molar-refractivity contribution in [3.63, 3.8) is 0 Å². The number of aliphatic hydroxyl groups is 2. The molecule has 2 unspecified atom stereocenters. The van der Waals surface area contributed by atoms with E-state index in [9.17, 15) is 33.9 Å². The number of phosphoric acid groups is 2. The molecule has 3 aliphatic rings. The van der Waals surface area contributed by atoms with Crippen molar-refractivity contribution >= 4 is 49.6 Å². The lowest BCUT2D eigenvalue weighted by atomic mass is 10.1. The smallest absolute Gasteiger partial charge is 0.387 e. The molecule has 0 aliphatic carbocycles. The van der Waals surface area contributed by atoms with Gasteiger partial charge in [-0.05, 0) is 0 Å². The van der Waals surface area contributed by atoms with Crippen LogP contribution in [-0.4, -0.2) is 109 Å². The van der Waals surface area contributed by atoms with E-state index in [1.807, 2.05) is 0 Å². The van der Waals surface area contributed by atoms with Crippen molar-refractivity contribution in [2.45, 2.75) is 49.1 Å². The minimum absolute atomic E-state index is 0.00231. The molecule has 0 amide bonds. The first-order valence-electron chi connectivity index (χ1n) is 13.0. The molecule has 4 aromatic heterocycles. The molecule has 3 fully saturated rings. The third kappa shape index (κ3) is 5.21. The number of imidazole rings is 2. The van der Waals surface area contributed by atoms with Gasteiger partial charge in [-0.1, -0.05) is 0 Å². The zero-order valence-electron chi connectivity index (χ0n) is 22.4. The number of aromatic amines is 1. The van der Waals surface area contributed by atoms with Crippen molar-refractivity contribution < 1.29 is 56.7 Å². The summed E-state index contributed by atoms with van der Waals surface area (Å²) in [6, 6.07) is 0. The number of hydrogen-bond donors (Lipinski definition) is 7. The molecule has 23 nitrogen and oxygen atoms in total. The van der Waals surface area contributed by atoms with E-state index in [-0.39, 0.29) is 34.0 Å². The lowest BCUT2D eigenvalue weighted by molar-refractivity contribution is -0.0679. The average molecular weight is 674 g/mol. The van der Waals surface area contributed by atoms with Gasteiger partial charge in [-0.3, -0.25) is 22.7 Å².